The van der Waals surface area contributed by atoms with Crippen molar-refractivity contribution in [3.05, 3.63) is 84.3 Å². The molecule has 0 N–H and O–H groups in total. The van der Waals surface area contributed by atoms with E-state index in [0.29, 0.717) is 5.69 Å². The average Bonchev–Trinajstić information content (AvgIpc) is 3.58. The molecule has 37 heavy (non-hydrogen) atoms. The van der Waals surface area contributed by atoms with Crippen molar-refractivity contribution in [1.82, 2.24) is 30.0 Å². The van der Waals surface area contributed by atoms with E-state index >= 15 is 0 Å². The third kappa shape index (κ3) is 5.23. The van der Waals surface area contributed by atoms with Crippen LogP contribution in [0.25, 0.3) is 16.9 Å². The van der Waals surface area contributed by atoms with E-state index in [-0.39, 0.29) is 17.9 Å². The highest BCUT2D eigenvalue weighted by atomic mass is 19.1. The van der Waals surface area contributed by atoms with Gasteiger partial charge in [0.15, 0.2) is 0 Å². The Hall–Kier alpha value is -4.45. The molecule has 3 atom stereocenters. The number of nitrogens with zero attached hydrogens (tertiary/aromatic N) is 6. The highest BCUT2D eigenvalue weighted by molar-refractivity contribution is 5.65. The first-order valence-corrected chi connectivity index (χ1v) is 11.3. The van der Waals surface area contributed by atoms with Crippen molar-refractivity contribution in [3.8, 4) is 22.7 Å². The molecule has 1 aliphatic heterocycles. The van der Waals surface area contributed by atoms with E-state index in [0.717, 1.165) is 23.6 Å². The Morgan fingerprint density at radius 2 is 1.86 bits per heavy atom. The van der Waals surface area contributed by atoms with E-state index in [4.69, 9.17) is 14.2 Å². The van der Waals surface area contributed by atoms with Crippen LogP contribution in [0.5, 0.6) is 5.75 Å². The Bertz CT molecular complexity index is 1440. The van der Waals surface area contributed by atoms with Crippen LogP contribution in [0.15, 0.2) is 67.0 Å². The summed E-state index contributed by atoms with van der Waals surface area (Å²) in [4.78, 5) is 11.5. The second-order valence-corrected chi connectivity index (χ2v) is 8.27. The lowest BCUT2D eigenvalue weighted by Gasteiger charge is -2.31. The number of methoxy groups -OCH3 is 1. The molecule has 2 aromatic heterocycles. The van der Waals surface area contributed by atoms with Crippen molar-refractivity contribution in [1.29, 1.82) is 0 Å². The van der Waals surface area contributed by atoms with E-state index < -0.39 is 35.9 Å². The van der Waals surface area contributed by atoms with Gasteiger partial charge in [0, 0.05) is 18.6 Å². The predicted molar refractivity (Wildman–Crippen MR) is 126 cm³/mol. The Kier molecular flexibility index (Phi) is 6.73. The molecule has 5 rings (SSSR count). The highest BCUT2D eigenvalue weighted by Crippen LogP contribution is 2.32. The second-order valence-electron chi connectivity index (χ2n) is 8.27. The number of benzene rings is 2. The van der Waals surface area contributed by atoms with Gasteiger partial charge in [-0.3, -0.25) is 4.79 Å². The fourth-order valence-electron chi connectivity index (χ4n) is 3.93. The van der Waals surface area contributed by atoms with Gasteiger partial charge in [0.2, 0.25) is 0 Å². The quantitative estimate of drug-likeness (QED) is 0.275. The van der Waals surface area contributed by atoms with Crippen LogP contribution in [0.2, 0.25) is 0 Å². The summed E-state index contributed by atoms with van der Waals surface area (Å²) in [7, 11) is 1.59. The summed E-state index contributed by atoms with van der Waals surface area (Å²) in [6.07, 6.45) is 5.66. The topological polar surface area (TPSA) is 106 Å². The zero-order valence-electron chi connectivity index (χ0n) is 19.9. The van der Waals surface area contributed by atoms with Crippen molar-refractivity contribution < 1.29 is 27.8 Å². The molecule has 0 unspecified atom stereocenters. The zero-order chi connectivity index (χ0) is 25.9. The van der Waals surface area contributed by atoms with Crippen molar-refractivity contribution in [2.45, 2.75) is 25.2 Å². The lowest BCUT2D eigenvalue weighted by molar-refractivity contribution is -0.148. The molecule has 0 saturated carbocycles. The number of rotatable bonds is 7. The van der Waals surface area contributed by atoms with Crippen LogP contribution in [0.4, 0.5) is 8.78 Å². The van der Waals surface area contributed by atoms with Gasteiger partial charge in [-0.15, -0.1) is 10.2 Å². The number of halogens is 2. The first-order chi connectivity index (χ1) is 17.9. The Morgan fingerprint density at radius 1 is 1.05 bits per heavy atom. The van der Waals surface area contributed by atoms with E-state index in [9.17, 15) is 13.6 Å². The number of carbonyl (C=O) groups is 1. The lowest BCUT2D eigenvalue weighted by atomic mass is 10.0. The summed E-state index contributed by atoms with van der Waals surface area (Å²) >= 11 is 0. The van der Waals surface area contributed by atoms with Crippen LogP contribution in [-0.2, 0) is 14.3 Å². The fourth-order valence-corrected chi connectivity index (χ4v) is 3.93. The number of hydrogen-bond acceptors (Lipinski definition) is 8. The van der Waals surface area contributed by atoms with Gasteiger partial charge in [-0.1, -0.05) is 22.6 Å². The third-order valence-corrected chi connectivity index (χ3v) is 5.80. The maximum absolute atomic E-state index is 14.2. The Labute approximate surface area is 210 Å². The first-order valence-electron chi connectivity index (χ1n) is 11.3. The minimum atomic E-state index is -0.751. The summed E-state index contributed by atoms with van der Waals surface area (Å²) < 4.78 is 47.3. The first kappa shape index (κ1) is 24.3. The van der Waals surface area contributed by atoms with Gasteiger partial charge in [0.1, 0.15) is 53.6 Å². The van der Waals surface area contributed by atoms with Crippen LogP contribution in [0, 0.1) is 11.6 Å². The molecular formula is C25H22F2N6O4. The van der Waals surface area contributed by atoms with Crippen LogP contribution < -0.4 is 4.74 Å². The van der Waals surface area contributed by atoms with E-state index in [1.165, 1.54) is 23.9 Å². The van der Waals surface area contributed by atoms with Gasteiger partial charge in [-0.25, -0.2) is 18.1 Å². The van der Waals surface area contributed by atoms with Gasteiger partial charge in [-0.05, 0) is 36.4 Å². The van der Waals surface area contributed by atoms with Gasteiger partial charge in [0.25, 0.3) is 0 Å². The van der Waals surface area contributed by atoms with Gasteiger partial charge in [-0.2, -0.15) is 0 Å². The molecule has 0 aliphatic carbocycles. The molecule has 4 aromatic rings. The van der Waals surface area contributed by atoms with Gasteiger partial charge in [0.05, 0.1) is 25.2 Å². The van der Waals surface area contributed by atoms with Crippen LogP contribution in [0.3, 0.4) is 0 Å². The molecular weight excluding hydrogens is 486 g/mol. The summed E-state index contributed by atoms with van der Waals surface area (Å²) in [5, 5.41) is 16.6. The molecule has 0 radical (unpaired) electrons. The molecule has 3 heterocycles. The molecule has 0 saturated heterocycles. The van der Waals surface area contributed by atoms with Crippen molar-refractivity contribution >= 4 is 5.97 Å². The number of hydrogen-bond donors (Lipinski definition) is 0. The predicted octanol–water partition coefficient (Wildman–Crippen LogP) is 3.61. The number of esters is 1. The summed E-state index contributed by atoms with van der Waals surface area (Å²) in [5.74, 6) is -1.18. The number of aromatic nitrogens is 6. The maximum atomic E-state index is 14.2. The van der Waals surface area contributed by atoms with Crippen molar-refractivity contribution in [3.63, 3.8) is 0 Å². The number of carbonyl (C=O) groups excluding carboxylic acids is 1. The normalized spacial score (nSPS) is 19.1. The molecule has 0 bridgehead atoms. The van der Waals surface area contributed by atoms with Crippen LogP contribution in [0.1, 0.15) is 24.8 Å². The average molecular weight is 508 g/mol. The van der Waals surface area contributed by atoms with Crippen LogP contribution >= 0.6 is 0 Å². The van der Waals surface area contributed by atoms with Crippen molar-refractivity contribution in [2.24, 2.45) is 0 Å². The molecule has 0 spiro atoms. The van der Waals surface area contributed by atoms with E-state index in [1.807, 2.05) is 30.3 Å². The molecule has 2 aromatic carbocycles. The molecule has 10 nitrogen and oxygen atoms in total. The highest BCUT2D eigenvalue weighted by Gasteiger charge is 2.32. The van der Waals surface area contributed by atoms with Gasteiger partial charge < -0.3 is 14.2 Å². The maximum Gasteiger partial charge on any atom is 0.302 e. The second kappa shape index (κ2) is 10.3. The summed E-state index contributed by atoms with van der Waals surface area (Å²) in [6.45, 7) is 1.24. The van der Waals surface area contributed by atoms with Crippen LogP contribution in [-0.4, -0.2) is 55.8 Å². The SMILES string of the molecule is COc1ccc(-n2cc([C@@H]3C=C[C@H](n4cc(-c5ccc(F)cc5F)nn4)[C@@H](COC(C)=O)O3)nn2)cc1. The minimum absolute atomic E-state index is 0.0619. The van der Waals surface area contributed by atoms with E-state index in [2.05, 4.69) is 20.6 Å². The Balaban J connectivity index is 1.39. The molecule has 190 valence electrons. The minimum Gasteiger partial charge on any atom is -0.497 e. The lowest BCUT2D eigenvalue weighted by Crippen LogP contribution is -2.35. The monoisotopic (exact) mass is 508 g/mol. The summed E-state index contributed by atoms with van der Waals surface area (Å²) in [5.41, 5.74) is 1.67. The smallest absolute Gasteiger partial charge is 0.302 e. The van der Waals surface area contributed by atoms with Crippen molar-refractivity contribution in [2.75, 3.05) is 13.7 Å². The molecule has 0 fully saturated rings. The molecule has 0 amide bonds. The molecule has 1 aliphatic rings. The van der Waals surface area contributed by atoms with E-state index in [1.54, 1.807) is 24.1 Å². The molecule has 12 heteroatoms. The fraction of sp³-hybridized carbons (Fsp3) is 0.240. The number of ether oxygens (including phenoxy) is 3. The largest absolute Gasteiger partial charge is 0.497 e. The zero-order valence-corrected chi connectivity index (χ0v) is 19.9. The Morgan fingerprint density at radius 3 is 2.59 bits per heavy atom. The third-order valence-electron chi connectivity index (χ3n) is 5.80. The van der Waals surface area contributed by atoms with Gasteiger partial charge >= 0.3 is 5.97 Å². The summed E-state index contributed by atoms with van der Waals surface area (Å²) in [6, 6.07) is 10.0. The standard InChI is InChI=1S/C25H22F2N6O4/c1-15(34)36-14-25-23(33-12-21(28-31-33)19-8-3-16(26)11-20(19)27)9-10-24(37-25)22-13-32(30-29-22)17-4-6-18(35-2)7-5-17/h3-13,23-25H,14H2,1-2H3/t23-,24-,25+/m0/s1.